The lowest BCUT2D eigenvalue weighted by Gasteiger charge is -2.36. The molecule has 0 fully saturated rings. The summed E-state index contributed by atoms with van der Waals surface area (Å²) in [6, 6.07) is 0.386. The van der Waals surface area contributed by atoms with E-state index in [9.17, 15) is 4.79 Å². The van der Waals surface area contributed by atoms with Gasteiger partial charge in [0.25, 0.3) is 0 Å². The first kappa shape index (κ1) is 15.4. The summed E-state index contributed by atoms with van der Waals surface area (Å²) in [4.78, 5) is 13.0. The molecule has 0 aromatic carbocycles. The van der Waals surface area contributed by atoms with E-state index in [1.54, 1.807) is 6.92 Å². The van der Waals surface area contributed by atoms with Gasteiger partial charge in [0.2, 0.25) is 0 Å². The lowest BCUT2D eigenvalue weighted by Crippen LogP contribution is -2.49. The van der Waals surface area contributed by atoms with Gasteiger partial charge in [-0.25, -0.2) is 0 Å². The Morgan fingerprint density at radius 2 is 1.81 bits per heavy atom. The van der Waals surface area contributed by atoms with Gasteiger partial charge in [-0.15, -0.1) is 0 Å². The number of carboxylic acids is 1. The SMILES string of the molecule is CC(N(C)CCC(C)(N)C(=O)O)C(C)(C)C. The van der Waals surface area contributed by atoms with E-state index in [1.807, 2.05) is 7.05 Å². The van der Waals surface area contributed by atoms with Gasteiger partial charge < -0.3 is 15.7 Å². The van der Waals surface area contributed by atoms with Crippen molar-refractivity contribution in [3.8, 4) is 0 Å². The van der Waals surface area contributed by atoms with Crippen molar-refractivity contribution in [2.45, 2.75) is 52.6 Å². The van der Waals surface area contributed by atoms with Gasteiger partial charge >= 0.3 is 5.97 Å². The highest BCUT2D eigenvalue weighted by Gasteiger charge is 2.30. The van der Waals surface area contributed by atoms with E-state index in [4.69, 9.17) is 10.8 Å². The Bertz CT molecular complexity index is 244. The van der Waals surface area contributed by atoms with Crippen molar-refractivity contribution in [1.29, 1.82) is 0 Å². The topological polar surface area (TPSA) is 66.6 Å². The maximum atomic E-state index is 10.9. The molecule has 0 aliphatic rings. The molecule has 4 nitrogen and oxygen atoms in total. The van der Waals surface area contributed by atoms with Gasteiger partial charge in [-0.1, -0.05) is 20.8 Å². The number of nitrogens with two attached hydrogens (primary N) is 1. The summed E-state index contributed by atoms with van der Waals surface area (Å²) in [6.45, 7) is 10.9. The van der Waals surface area contributed by atoms with E-state index in [1.165, 1.54) is 0 Å². The van der Waals surface area contributed by atoms with E-state index in [0.29, 0.717) is 19.0 Å². The van der Waals surface area contributed by atoms with E-state index >= 15 is 0 Å². The van der Waals surface area contributed by atoms with Crippen molar-refractivity contribution in [2.75, 3.05) is 13.6 Å². The molecule has 0 saturated carbocycles. The molecule has 0 spiro atoms. The van der Waals surface area contributed by atoms with Gasteiger partial charge in [-0.2, -0.15) is 0 Å². The van der Waals surface area contributed by atoms with E-state index in [-0.39, 0.29) is 5.41 Å². The molecule has 0 aromatic heterocycles. The molecule has 2 unspecified atom stereocenters. The van der Waals surface area contributed by atoms with Crippen molar-refractivity contribution >= 4 is 5.97 Å². The van der Waals surface area contributed by atoms with Crippen molar-refractivity contribution < 1.29 is 9.90 Å². The molecule has 0 bridgehead atoms. The van der Waals surface area contributed by atoms with Crippen LogP contribution in [0.4, 0.5) is 0 Å². The predicted molar refractivity (Wildman–Crippen MR) is 66.4 cm³/mol. The first-order valence-corrected chi connectivity index (χ1v) is 5.71. The van der Waals surface area contributed by atoms with Crippen LogP contribution in [0.1, 0.15) is 41.0 Å². The summed E-state index contributed by atoms with van der Waals surface area (Å²) < 4.78 is 0. The number of rotatable bonds is 5. The number of hydrogen-bond donors (Lipinski definition) is 2. The summed E-state index contributed by atoms with van der Waals surface area (Å²) in [5, 5.41) is 8.91. The molecule has 16 heavy (non-hydrogen) atoms. The minimum Gasteiger partial charge on any atom is -0.480 e. The highest BCUT2D eigenvalue weighted by molar-refractivity contribution is 5.77. The van der Waals surface area contributed by atoms with E-state index in [2.05, 4.69) is 32.6 Å². The second kappa shape index (κ2) is 5.15. The van der Waals surface area contributed by atoms with Crippen LogP contribution in [0, 0.1) is 5.41 Å². The largest absolute Gasteiger partial charge is 0.480 e. The lowest BCUT2D eigenvalue weighted by atomic mass is 9.86. The molecule has 0 aliphatic carbocycles. The predicted octanol–water partition coefficient (Wildman–Crippen LogP) is 1.54. The Morgan fingerprint density at radius 1 is 1.38 bits per heavy atom. The molecular formula is C12H26N2O2. The average Bonchev–Trinajstić information content (AvgIpc) is 2.11. The fourth-order valence-corrected chi connectivity index (χ4v) is 1.37. The molecule has 0 heterocycles. The maximum Gasteiger partial charge on any atom is 0.323 e. The zero-order valence-electron chi connectivity index (χ0n) is 11.4. The lowest BCUT2D eigenvalue weighted by molar-refractivity contribution is -0.143. The summed E-state index contributed by atoms with van der Waals surface area (Å²) in [7, 11) is 2.01. The minimum absolute atomic E-state index is 0.184. The van der Waals surface area contributed by atoms with Crippen molar-refractivity contribution in [1.82, 2.24) is 4.90 Å². The van der Waals surface area contributed by atoms with Gasteiger partial charge in [-0.3, -0.25) is 4.79 Å². The van der Waals surface area contributed by atoms with E-state index in [0.717, 1.165) is 0 Å². The molecule has 4 heteroatoms. The van der Waals surface area contributed by atoms with Crippen LogP contribution in [0.3, 0.4) is 0 Å². The zero-order valence-corrected chi connectivity index (χ0v) is 11.4. The van der Waals surface area contributed by atoms with Crippen LogP contribution >= 0.6 is 0 Å². The molecule has 0 aliphatic heterocycles. The van der Waals surface area contributed by atoms with Crippen LogP contribution in [0.2, 0.25) is 0 Å². The summed E-state index contributed by atoms with van der Waals surface area (Å²) in [5.74, 6) is -0.940. The van der Waals surface area contributed by atoms with Crippen molar-refractivity contribution in [3.05, 3.63) is 0 Å². The monoisotopic (exact) mass is 230 g/mol. The first-order chi connectivity index (χ1) is 6.98. The molecule has 96 valence electrons. The molecular weight excluding hydrogens is 204 g/mol. The Labute approximate surface area is 98.8 Å². The zero-order chi connectivity index (χ0) is 13.1. The molecule has 0 aromatic rings. The van der Waals surface area contributed by atoms with Gasteiger partial charge in [0, 0.05) is 12.6 Å². The fraction of sp³-hybridized carbons (Fsp3) is 0.917. The maximum absolute atomic E-state index is 10.9. The quantitative estimate of drug-likeness (QED) is 0.752. The second-order valence-corrected chi connectivity index (χ2v) is 6.00. The molecule has 0 saturated heterocycles. The number of aliphatic carboxylic acids is 1. The van der Waals surface area contributed by atoms with Crippen LogP contribution in [0.15, 0.2) is 0 Å². The minimum atomic E-state index is -1.13. The van der Waals surface area contributed by atoms with Crippen molar-refractivity contribution in [2.24, 2.45) is 11.1 Å². The third kappa shape index (κ3) is 4.49. The number of nitrogens with zero attached hydrogens (tertiary/aromatic N) is 1. The Kier molecular flexibility index (Phi) is 4.95. The van der Waals surface area contributed by atoms with Crippen LogP contribution < -0.4 is 5.73 Å². The number of carbonyl (C=O) groups is 1. The summed E-state index contributed by atoms with van der Waals surface area (Å²) in [6.07, 6.45) is 0.458. The fourth-order valence-electron chi connectivity index (χ4n) is 1.37. The third-order valence-corrected chi connectivity index (χ3v) is 3.39. The molecule has 3 N–H and O–H groups in total. The van der Waals surface area contributed by atoms with Gasteiger partial charge in [-0.05, 0) is 32.7 Å². The molecule has 0 amide bonds. The molecule has 0 radical (unpaired) electrons. The van der Waals surface area contributed by atoms with Crippen molar-refractivity contribution in [3.63, 3.8) is 0 Å². The Balaban J connectivity index is 4.28. The number of hydrogen-bond acceptors (Lipinski definition) is 3. The van der Waals surface area contributed by atoms with Crippen LogP contribution in [0.5, 0.6) is 0 Å². The molecule has 2 atom stereocenters. The highest BCUT2D eigenvalue weighted by atomic mass is 16.4. The van der Waals surface area contributed by atoms with E-state index < -0.39 is 11.5 Å². The molecule has 0 rings (SSSR count). The standard InChI is InChI=1S/C12H26N2O2/c1-9(11(2,3)4)14(6)8-7-12(5,13)10(15)16/h9H,7-8,13H2,1-6H3,(H,15,16). The third-order valence-electron chi connectivity index (χ3n) is 3.39. The Hall–Kier alpha value is -0.610. The van der Waals surface area contributed by atoms with Crippen LogP contribution in [-0.4, -0.2) is 41.1 Å². The summed E-state index contributed by atoms with van der Waals surface area (Å²) in [5.41, 5.74) is 4.74. The number of carboxylic acid groups (broad SMARTS) is 1. The normalized spacial score (nSPS) is 18.2. The summed E-state index contributed by atoms with van der Waals surface area (Å²) >= 11 is 0. The van der Waals surface area contributed by atoms with Gasteiger partial charge in [0.15, 0.2) is 0 Å². The smallest absolute Gasteiger partial charge is 0.323 e. The van der Waals surface area contributed by atoms with Crippen LogP contribution in [-0.2, 0) is 4.79 Å². The average molecular weight is 230 g/mol. The van der Waals surface area contributed by atoms with Gasteiger partial charge in [0.05, 0.1) is 0 Å². The van der Waals surface area contributed by atoms with Gasteiger partial charge in [0.1, 0.15) is 5.54 Å². The second-order valence-electron chi connectivity index (χ2n) is 6.00. The first-order valence-electron chi connectivity index (χ1n) is 5.71. The van der Waals surface area contributed by atoms with Crippen LogP contribution in [0.25, 0.3) is 0 Å². The highest BCUT2D eigenvalue weighted by Crippen LogP contribution is 2.23. The Morgan fingerprint density at radius 3 is 2.12 bits per heavy atom.